The number of esters is 3. The van der Waals surface area contributed by atoms with Crippen LogP contribution in [0.2, 0.25) is 0 Å². The van der Waals surface area contributed by atoms with Gasteiger partial charge in [-0.05, 0) is 5.92 Å². The highest BCUT2D eigenvalue weighted by Gasteiger charge is 2.51. The van der Waals surface area contributed by atoms with Crippen LogP contribution in [0.5, 0.6) is 0 Å². The molecule has 186 valence electrons. The molecule has 1 aliphatic rings. The SMILES string of the molecule is CCC(C)CNc1nc2c(=S)nc[nH]c2n1[C@@H]1O[C@H](COC(C)=O)[C@@H](OC(C)=O)[C@H]1OC(C)=O. The first-order valence-electron chi connectivity index (χ1n) is 10.9. The predicted octanol–water partition coefficient (Wildman–Crippen LogP) is 2.27. The summed E-state index contributed by atoms with van der Waals surface area (Å²) in [5, 5.41) is 3.30. The largest absolute Gasteiger partial charge is 0.463 e. The molecule has 0 aliphatic carbocycles. The van der Waals surface area contributed by atoms with Crippen LogP contribution in [0.15, 0.2) is 6.33 Å². The molecule has 12 nitrogen and oxygen atoms in total. The fourth-order valence-electron chi connectivity index (χ4n) is 3.62. The summed E-state index contributed by atoms with van der Waals surface area (Å²) in [6.07, 6.45) is -1.59. The van der Waals surface area contributed by atoms with Crippen molar-refractivity contribution in [3.8, 4) is 0 Å². The molecule has 0 saturated carbocycles. The molecule has 1 unspecified atom stereocenters. The van der Waals surface area contributed by atoms with E-state index in [-0.39, 0.29) is 11.2 Å². The first-order chi connectivity index (χ1) is 16.1. The van der Waals surface area contributed by atoms with E-state index in [1.165, 1.54) is 27.1 Å². The number of hydrogen-bond donors (Lipinski definition) is 2. The number of carbonyl (C=O) groups is 3. The zero-order valence-electron chi connectivity index (χ0n) is 19.7. The molecular formula is C21H29N5O7S. The lowest BCUT2D eigenvalue weighted by atomic mass is 10.1. The van der Waals surface area contributed by atoms with Crippen LogP contribution in [0.25, 0.3) is 11.2 Å². The van der Waals surface area contributed by atoms with E-state index in [2.05, 4.69) is 34.1 Å². The van der Waals surface area contributed by atoms with Crippen molar-refractivity contribution in [1.82, 2.24) is 19.5 Å². The second-order valence-electron chi connectivity index (χ2n) is 8.12. The number of hydrogen-bond acceptors (Lipinski definition) is 11. The van der Waals surface area contributed by atoms with Gasteiger partial charge >= 0.3 is 17.9 Å². The van der Waals surface area contributed by atoms with E-state index in [1.807, 2.05) is 0 Å². The lowest BCUT2D eigenvalue weighted by Gasteiger charge is -2.25. The van der Waals surface area contributed by atoms with Crippen LogP contribution in [0.1, 0.15) is 47.3 Å². The van der Waals surface area contributed by atoms with Crippen molar-refractivity contribution in [2.45, 2.75) is 65.6 Å². The molecule has 0 aromatic carbocycles. The summed E-state index contributed by atoms with van der Waals surface area (Å²) in [6.45, 7) is 8.30. The number of imidazole rings is 1. The Balaban J connectivity index is 2.11. The van der Waals surface area contributed by atoms with Crippen LogP contribution in [0, 0.1) is 10.6 Å². The number of H-pyrrole nitrogens is 1. The number of nitrogens with zero attached hydrogens (tertiary/aromatic N) is 3. The fraction of sp³-hybridized carbons (Fsp3) is 0.619. The lowest BCUT2D eigenvalue weighted by Crippen LogP contribution is -2.40. The maximum atomic E-state index is 12.0. The average Bonchev–Trinajstić information content (AvgIpc) is 3.28. The molecule has 2 aromatic heterocycles. The molecule has 0 spiro atoms. The van der Waals surface area contributed by atoms with Crippen molar-refractivity contribution in [2.75, 3.05) is 18.5 Å². The second kappa shape index (κ2) is 10.9. The third kappa shape index (κ3) is 5.70. The molecule has 5 atom stereocenters. The average molecular weight is 496 g/mol. The van der Waals surface area contributed by atoms with Crippen LogP contribution in [0.4, 0.5) is 5.95 Å². The van der Waals surface area contributed by atoms with E-state index in [4.69, 9.17) is 31.2 Å². The Labute approximate surface area is 201 Å². The number of nitrogens with one attached hydrogen (secondary N) is 2. The minimum Gasteiger partial charge on any atom is -0.463 e. The van der Waals surface area contributed by atoms with Crippen LogP contribution in [-0.2, 0) is 33.3 Å². The molecule has 0 amide bonds. The molecule has 3 heterocycles. The normalized spacial score (nSPS) is 22.9. The van der Waals surface area contributed by atoms with E-state index >= 15 is 0 Å². The molecular weight excluding hydrogens is 466 g/mol. The van der Waals surface area contributed by atoms with Crippen LogP contribution < -0.4 is 5.32 Å². The van der Waals surface area contributed by atoms with Gasteiger partial charge in [-0.25, -0.2) is 9.97 Å². The van der Waals surface area contributed by atoms with Gasteiger partial charge in [0, 0.05) is 27.3 Å². The smallest absolute Gasteiger partial charge is 0.303 e. The molecule has 3 rings (SSSR count). The maximum absolute atomic E-state index is 12.0. The van der Waals surface area contributed by atoms with Gasteiger partial charge in [-0.3, -0.25) is 19.0 Å². The third-order valence-electron chi connectivity index (χ3n) is 5.40. The third-order valence-corrected chi connectivity index (χ3v) is 5.70. The van der Waals surface area contributed by atoms with E-state index in [0.717, 1.165) is 6.42 Å². The summed E-state index contributed by atoms with van der Waals surface area (Å²) in [5.41, 5.74) is 0.894. The summed E-state index contributed by atoms with van der Waals surface area (Å²) >= 11 is 5.35. The van der Waals surface area contributed by atoms with E-state index < -0.39 is 42.4 Å². The highest BCUT2D eigenvalue weighted by molar-refractivity contribution is 7.71. The number of anilines is 1. The van der Waals surface area contributed by atoms with Gasteiger partial charge in [-0.1, -0.05) is 32.5 Å². The zero-order chi connectivity index (χ0) is 25.0. The first-order valence-corrected chi connectivity index (χ1v) is 11.4. The van der Waals surface area contributed by atoms with Gasteiger partial charge in [0.1, 0.15) is 23.9 Å². The topological polar surface area (TPSA) is 147 Å². The molecule has 2 N–H and O–H groups in total. The molecule has 1 fully saturated rings. The monoisotopic (exact) mass is 495 g/mol. The van der Waals surface area contributed by atoms with Gasteiger partial charge in [0.15, 0.2) is 23.1 Å². The van der Waals surface area contributed by atoms with Crippen LogP contribution in [0.3, 0.4) is 0 Å². The van der Waals surface area contributed by atoms with E-state index in [0.29, 0.717) is 29.6 Å². The molecule has 1 saturated heterocycles. The summed E-state index contributed by atoms with van der Waals surface area (Å²) in [5.74, 6) is -0.984. The number of carbonyl (C=O) groups excluding carboxylic acids is 3. The van der Waals surface area contributed by atoms with Crippen molar-refractivity contribution >= 4 is 47.2 Å². The summed E-state index contributed by atoms with van der Waals surface area (Å²) < 4.78 is 24.3. The van der Waals surface area contributed by atoms with Gasteiger partial charge in [0.25, 0.3) is 0 Å². The van der Waals surface area contributed by atoms with Gasteiger partial charge in [-0.2, -0.15) is 0 Å². The number of fused-ring (bicyclic) bond motifs is 1. The Morgan fingerprint density at radius 2 is 1.88 bits per heavy atom. The molecule has 0 radical (unpaired) electrons. The Morgan fingerprint density at radius 3 is 2.50 bits per heavy atom. The van der Waals surface area contributed by atoms with Gasteiger partial charge in [0.2, 0.25) is 5.95 Å². The van der Waals surface area contributed by atoms with Crippen molar-refractivity contribution in [1.29, 1.82) is 0 Å². The quantitative estimate of drug-likeness (QED) is 0.300. The minimum atomic E-state index is -1.06. The summed E-state index contributed by atoms with van der Waals surface area (Å²) in [6, 6.07) is 0. The molecule has 34 heavy (non-hydrogen) atoms. The van der Waals surface area contributed by atoms with Gasteiger partial charge < -0.3 is 29.2 Å². The highest BCUT2D eigenvalue weighted by atomic mass is 32.1. The standard InChI is InChI=1S/C21H29N5O7S/c1-6-10(2)7-22-21-25-15-18(23-9-24-19(15)34)26(21)20-17(32-13(5)29)16(31-12(4)28)14(33-20)8-30-11(3)27/h9-10,14,16-17,20H,6-8H2,1-5H3,(H,22,25)(H,23,24,34)/t10?,14-,16-,17-,20-/m1/s1. The highest BCUT2D eigenvalue weighted by Crippen LogP contribution is 2.38. The second-order valence-corrected chi connectivity index (χ2v) is 8.51. The van der Waals surface area contributed by atoms with Crippen molar-refractivity contribution < 1.29 is 33.3 Å². The Morgan fingerprint density at radius 1 is 1.21 bits per heavy atom. The minimum absolute atomic E-state index is 0.207. The van der Waals surface area contributed by atoms with Gasteiger partial charge in [-0.15, -0.1) is 0 Å². The van der Waals surface area contributed by atoms with E-state index in [9.17, 15) is 14.4 Å². The zero-order valence-corrected chi connectivity index (χ0v) is 20.5. The number of aromatic amines is 1. The Hall–Kier alpha value is -3.06. The molecule has 2 aromatic rings. The molecule has 1 aliphatic heterocycles. The number of rotatable bonds is 9. The number of aromatic nitrogens is 4. The first kappa shape index (κ1) is 25.6. The fourth-order valence-corrected chi connectivity index (χ4v) is 3.81. The lowest BCUT2D eigenvalue weighted by molar-refractivity contribution is -0.166. The van der Waals surface area contributed by atoms with Crippen molar-refractivity contribution in [2.24, 2.45) is 5.92 Å². The van der Waals surface area contributed by atoms with Crippen molar-refractivity contribution in [3.63, 3.8) is 0 Å². The Kier molecular flexibility index (Phi) is 8.20. The summed E-state index contributed by atoms with van der Waals surface area (Å²) in [7, 11) is 0. The van der Waals surface area contributed by atoms with Crippen LogP contribution >= 0.6 is 12.2 Å². The predicted molar refractivity (Wildman–Crippen MR) is 122 cm³/mol. The molecule has 0 bridgehead atoms. The van der Waals surface area contributed by atoms with Gasteiger partial charge in [0.05, 0.1) is 6.33 Å². The van der Waals surface area contributed by atoms with Crippen molar-refractivity contribution in [3.05, 3.63) is 11.0 Å². The Bertz CT molecular complexity index is 1120. The maximum Gasteiger partial charge on any atom is 0.303 e. The summed E-state index contributed by atoms with van der Waals surface area (Å²) in [4.78, 5) is 47.0. The molecule has 13 heteroatoms. The van der Waals surface area contributed by atoms with Crippen LogP contribution in [-0.4, -0.2) is 68.9 Å². The number of ether oxygens (including phenoxy) is 4. The van der Waals surface area contributed by atoms with E-state index in [1.54, 1.807) is 4.57 Å².